The van der Waals surface area contributed by atoms with Crippen LogP contribution in [0.4, 0.5) is 0 Å². The Kier molecular flexibility index (Phi) is 11.7. The molecule has 1 N–H and O–H groups in total. The molecule has 0 spiro atoms. The van der Waals surface area contributed by atoms with Crippen molar-refractivity contribution in [3.05, 3.63) is 52.6 Å². The molecule has 0 aromatic carbocycles. The van der Waals surface area contributed by atoms with Crippen LogP contribution in [0.15, 0.2) is 46.9 Å². The number of ether oxygens (including phenoxy) is 2. The number of hydrogen-bond acceptors (Lipinski definition) is 6. The number of methoxy groups -OCH3 is 1. The molecule has 0 amide bonds. The Morgan fingerprint density at radius 3 is 2.00 bits per heavy atom. The van der Waals surface area contributed by atoms with Crippen LogP contribution in [-0.4, -0.2) is 30.6 Å². The zero-order valence-electron chi connectivity index (χ0n) is 20.7. The summed E-state index contributed by atoms with van der Waals surface area (Å²) in [6, 6.07) is 5.46. The number of nitrogens with zero attached hydrogens (tertiary/aromatic N) is 1. The molecular weight excluding hydrogens is 416 g/mol. The van der Waals surface area contributed by atoms with E-state index in [0.717, 1.165) is 12.8 Å². The van der Waals surface area contributed by atoms with Crippen molar-refractivity contribution in [1.29, 1.82) is 0 Å². The number of dihydropyridines is 1. The van der Waals surface area contributed by atoms with Crippen LogP contribution in [0.3, 0.4) is 0 Å². The third-order valence-electron chi connectivity index (χ3n) is 6.10. The van der Waals surface area contributed by atoms with E-state index >= 15 is 0 Å². The number of allylic oxidation sites excluding steroid dienone is 2. The average Bonchev–Trinajstić information content (AvgIpc) is 2.82. The first-order valence-corrected chi connectivity index (χ1v) is 12.4. The molecular formula is C27H40N2O4. The van der Waals surface area contributed by atoms with Crippen LogP contribution in [0.2, 0.25) is 0 Å². The topological polar surface area (TPSA) is 77.5 Å². The molecule has 2 rings (SSSR count). The molecule has 1 aromatic heterocycles. The zero-order valence-corrected chi connectivity index (χ0v) is 20.7. The van der Waals surface area contributed by atoms with E-state index < -0.39 is 17.9 Å². The molecule has 1 aliphatic rings. The van der Waals surface area contributed by atoms with Crippen molar-refractivity contribution >= 4 is 11.9 Å². The second kappa shape index (κ2) is 14.5. The van der Waals surface area contributed by atoms with E-state index in [9.17, 15) is 9.59 Å². The van der Waals surface area contributed by atoms with Gasteiger partial charge in [0.15, 0.2) is 0 Å². The van der Waals surface area contributed by atoms with Crippen LogP contribution >= 0.6 is 0 Å². The maximum atomic E-state index is 13.1. The maximum absolute atomic E-state index is 13.1. The molecule has 1 atom stereocenters. The highest BCUT2D eigenvalue weighted by Crippen LogP contribution is 2.38. The fourth-order valence-electron chi connectivity index (χ4n) is 4.32. The van der Waals surface area contributed by atoms with Crippen molar-refractivity contribution in [2.75, 3.05) is 13.7 Å². The van der Waals surface area contributed by atoms with E-state index in [0.29, 0.717) is 34.8 Å². The van der Waals surface area contributed by atoms with Gasteiger partial charge < -0.3 is 14.8 Å². The van der Waals surface area contributed by atoms with Gasteiger partial charge in [0.05, 0.1) is 36.5 Å². The Morgan fingerprint density at radius 2 is 1.45 bits per heavy atom. The Labute approximate surface area is 198 Å². The molecule has 6 heteroatoms. The molecule has 0 radical (unpaired) electrons. The van der Waals surface area contributed by atoms with E-state index in [2.05, 4.69) is 17.2 Å². The van der Waals surface area contributed by atoms with Crippen molar-refractivity contribution in [3.63, 3.8) is 0 Å². The summed E-state index contributed by atoms with van der Waals surface area (Å²) in [5.74, 6) is -1.52. The number of hydrogen-bond donors (Lipinski definition) is 1. The van der Waals surface area contributed by atoms with Crippen LogP contribution in [-0.2, 0) is 19.1 Å². The van der Waals surface area contributed by atoms with Crippen LogP contribution in [0.1, 0.15) is 96.6 Å². The second-order valence-electron chi connectivity index (χ2n) is 8.70. The molecule has 182 valence electrons. The lowest BCUT2D eigenvalue weighted by molar-refractivity contribution is -0.139. The standard InChI is InChI=1S/C27H40N2O4/c1-5-6-7-8-9-10-11-12-13-16-19-33-27(31)24-21(3)29-20(2)23(26(30)32-4)25(24)22-17-14-15-18-28-22/h14-15,17-18,25,29H,5-13,16,19H2,1-4H3. The predicted molar refractivity (Wildman–Crippen MR) is 130 cm³/mol. The minimum Gasteiger partial charge on any atom is -0.466 e. The largest absolute Gasteiger partial charge is 0.466 e. The molecule has 0 saturated heterocycles. The first-order valence-electron chi connectivity index (χ1n) is 12.4. The molecule has 6 nitrogen and oxygen atoms in total. The van der Waals surface area contributed by atoms with Crippen molar-refractivity contribution in [1.82, 2.24) is 10.3 Å². The summed E-state index contributed by atoms with van der Waals surface area (Å²) in [6.45, 7) is 6.24. The quantitative estimate of drug-likeness (QED) is 0.275. The number of carbonyl (C=O) groups excluding carboxylic acids is 2. The summed E-state index contributed by atoms with van der Waals surface area (Å²) in [5, 5.41) is 3.15. The lowest BCUT2D eigenvalue weighted by Gasteiger charge is -2.29. The lowest BCUT2D eigenvalue weighted by Crippen LogP contribution is -2.32. The molecule has 2 heterocycles. The van der Waals surface area contributed by atoms with Crippen molar-refractivity contribution in [3.8, 4) is 0 Å². The van der Waals surface area contributed by atoms with Gasteiger partial charge in [0, 0.05) is 17.6 Å². The number of nitrogens with one attached hydrogen (secondary N) is 1. The Hall–Kier alpha value is -2.63. The van der Waals surface area contributed by atoms with E-state index in [1.165, 1.54) is 58.5 Å². The average molecular weight is 457 g/mol. The van der Waals surface area contributed by atoms with Crippen molar-refractivity contribution < 1.29 is 19.1 Å². The highest BCUT2D eigenvalue weighted by atomic mass is 16.5. The Bertz CT molecular complexity index is 830. The van der Waals surface area contributed by atoms with Gasteiger partial charge in [-0.3, -0.25) is 4.98 Å². The van der Waals surface area contributed by atoms with E-state index in [-0.39, 0.29) is 0 Å². The summed E-state index contributed by atoms with van der Waals surface area (Å²) >= 11 is 0. The van der Waals surface area contributed by atoms with Gasteiger partial charge >= 0.3 is 11.9 Å². The summed E-state index contributed by atoms with van der Waals surface area (Å²) in [6.07, 6.45) is 13.9. The number of aromatic nitrogens is 1. The molecule has 0 aliphatic carbocycles. The fourth-order valence-corrected chi connectivity index (χ4v) is 4.32. The minimum atomic E-state index is -0.625. The van der Waals surface area contributed by atoms with Gasteiger partial charge in [-0.2, -0.15) is 0 Å². The predicted octanol–water partition coefficient (Wildman–Crippen LogP) is 5.95. The van der Waals surface area contributed by atoms with Crippen molar-refractivity contribution in [2.45, 2.75) is 90.9 Å². The third-order valence-corrected chi connectivity index (χ3v) is 6.10. The van der Waals surface area contributed by atoms with Crippen LogP contribution in [0, 0.1) is 0 Å². The molecule has 0 fully saturated rings. The van der Waals surface area contributed by atoms with Gasteiger partial charge in [-0.05, 0) is 32.4 Å². The molecule has 0 bridgehead atoms. The summed E-state index contributed by atoms with van der Waals surface area (Å²) in [5.41, 5.74) is 2.73. The highest BCUT2D eigenvalue weighted by molar-refractivity contribution is 5.99. The van der Waals surface area contributed by atoms with E-state index in [1.807, 2.05) is 19.1 Å². The van der Waals surface area contributed by atoms with Crippen LogP contribution in [0.5, 0.6) is 0 Å². The van der Waals surface area contributed by atoms with Crippen molar-refractivity contribution in [2.24, 2.45) is 0 Å². The molecule has 1 aliphatic heterocycles. The highest BCUT2D eigenvalue weighted by Gasteiger charge is 2.38. The zero-order chi connectivity index (χ0) is 24.1. The number of carbonyl (C=O) groups is 2. The number of esters is 2. The normalized spacial score (nSPS) is 15.9. The molecule has 1 aromatic rings. The van der Waals surface area contributed by atoms with Gasteiger partial charge in [-0.25, -0.2) is 9.59 Å². The van der Waals surface area contributed by atoms with Crippen LogP contribution < -0.4 is 5.32 Å². The van der Waals surface area contributed by atoms with Gasteiger partial charge in [-0.1, -0.05) is 70.8 Å². The van der Waals surface area contributed by atoms with E-state index in [4.69, 9.17) is 9.47 Å². The van der Waals surface area contributed by atoms with Crippen LogP contribution in [0.25, 0.3) is 0 Å². The van der Waals surface area contributed by atoms with E-state index in [1.54, 1.807) is 19.2 Å². The Morgan fingerprint density at radius 1 is 0.879 bits per heavy atom. The monoisotopic (exact) mass is 456 g/mol. The Balaban J connectivity index is 1.92. The molecule has 33 heavy (non-hydrogen) atoms. The first-order chi connectivity index (χ1) is 16.0. The van der Waals surface area contributed by atoms with Gasteiger partial charge in [0.2, 0.25) is 0 Å². The number of unbranched alkanes of at least 4 members (excludes halogenated alkanes) is 9. The molecule has 1 unspecified atom stereocenters. The van der Waals surface area contributed by atoms with Gasteiger partial charge in [-0.15, -0.1) is 0 Å². The second-order valence-corrected chi connectivity index (χ2v) is 8.70. The first kappa shape index (κ1) is 26.6. The van der Waals surface area contributed by atoms with Gasteiger partial charge in [0.25, 0.3) is 0 Å². The lowest BCUT2D eigenvalue weighted by atomic mass is 9.83. The van der Waals surface area contributed by atoms with Gasteiger partial charge in [0.1, 0.15) is 0 Å². The minimum absolute atomic E-state index is 0.372. The smallest absolute Gasteiger partial charge is 0.336 e. The maximum Gasteiger partial charge on any atom is 0.336 e. The molecule has 0 saturated carbocycles. The SMILES string of the molecule is CCCCCCCCCCCCOC(=O)C1=C(C)NC(C)=C(C(=O)OC)C1c1ccccn1. The fraction of sp³-hybridized carbons (Fsp3) is 0.593. The summed E-state index contributed by atoms with van der Waals surface area (Å²) in [4.78, 5) is 30.1. The number of pyridine rings is 1. The summed E-state index contributed by atoms with van der Waals surface area (Å²) < 4.78 is 10.6. The third kappa shape index (κ3) is 8.02. The number of rotatable bonds is 14. The summed E-state index contributed by atoms with van der Waals surface area (Å²) in [7, 11) is 1.34.